The molecule has 1 saturated heterocycles. The molecule has 6 nitrogen and oxygen atoms in total. The highest BCUT2D eigenvalue weighted by Crippen LogP contribution is 2.36. The molecule has 2 rings (SSSR count). The Balaban J connectivity index is 1.93. The number of methoxy groups -OCH3 is 1. The lowest BCUT2D eigenvalue weighted by Crippen LogP contribution is -2.45. The van der Waals surface area contributed by atoms with Crippen molar-refractivity contribution in [3.8, 4) is 0 Å². The Morgan fingerprint density at radius 3 is 2.81 bits per heavy atom. The molecule has 0 spiro atoms. The lowest BCUT2D eigenvalue weighted by Gasteiger charge is -2.39. The first kappa shape index (κ1) is 16.0. The van der Waals surface area contributed by atoms with Crippen molar-refractivity contribution >= 4 is 5.97 Å². The Morgan fingerprint density at radius 2 is 2.24 bits per heavy atom. The van der Waals surface area contributed by atoms with Gasteiger partial charge < -0.3 is 14.0 Å². The smallest absolute Gasteiger partial charge is 0.312 e. The van der Waals surface area contributed by atoms with Crippen molar-refractivity contribution in [1.82, 2.24) is 10.1 Å². The molecule has 1 aromatic rings. The molecule has 1 fully saturated rings. The number of piperidine rings is 1. The number of carbonyl (C=O) groups excluding carboxylic acids is 1. The summed E-state index contributed by atoms with van der Waals surface area (Å²) in [7, 11) is 1.67. The Labute approximate surface area is 125 Å². The van der Waals surface area contributed by atoms with Crippen LogP contribution in [0.2, 0.25) is 0 Å². The van der Waals surface area contributed by atoms with Crippen LogP contribution in [0.4, 0.5) is 0 Å². The highest BCUT2D eigenvalue weighted by Gasteiger charge is 2.42. The van der Waals surface area contributed by atoms with Gasteiger partial charge in [0.2, 0.25) is 0 Å². The van der Waals surface area contributed by atoms with Crippen molar-refractivity contribution in [1.29, 1.82) is 0 Å². The summed E-state index contributed by atoms with van der Waals surface area (Å²) in [5, 5.41) is 3.93. The van der Waals surface area contributed by atoms with E-state index in [1.807, 2.05) is 13.0 Å². The number of hydrogen-bond acceptors (Lipinski definition) is 6. The summed E-state index contributed by atoms with van der Waals surface area (Å²) in [6.45, 7) is 5.34. The number of carbonyl (C=O) groups is 1. The molecule has 0 aliphatic carbocycles. The Hall–Kier alpha value is -1.40. The Kier molecular flexibility index (Phi) is 5.76. The fourth-order valence-electron chi connectivity index (χ4n) is 2.83. The number of aromatic nitrogens is 1. The molecule has 0 bridgehead atoms. The van der Waals surface area contributed by atoms with Crippen LogP contribution in [-0.4, -0.2) is 49.4 Å². The third-order valence-corrected chi connectivity index (χ3v) is 4.18. The van der Waals surface area contributed by atoms with Crippen molar-refractivity contribution in [2.45, 2.75) is 32.7 Å². The largest absolute Gasteiger partial charge is 0.466 e. The van der Waals surface area contributed by atoms with E-state index in [1.165, 1.54) is 0 Å². The van der Waals surface area contributed by atoms with Gasteiger partial charge in [-0.3, -0.25) is 9.69 Å². The van der Waals surface area contributed by atoms with Gasteiger partial charge in [0.1, 0.15) is 6.26 Å². The summed E-state index contributed by atoms with van der Waals surface area (Å²) in [6, 6.07) is 1.87. The van der Waals surface area contributed by atoms with Gasteiger partial charge in [0, 0.05) is 26.3 Å². The van der Waals surface area contributed by atoms with Crippen LogP contribution in [0.1, 0.15) is 31.9 Å². The van der Waals surface area contributed by atoms with E-state index in [0.717, 1.165) is 44.6 Å². The predicted molar refractivity (Wildman–Crippen MR) is 76.6 cm³/mol. The van der Waals surface area contributed by atoms with E-state index in [9.17, 15) is 4.79 Å². The SMILES string of the molecule is CCOC(=O)C1(CCOC)CCN(Cc2ccon2)CC1. The topological polar surface area (TPSA) is 64.8 Å². The van der Waals surface area contributed by atoms with E-state index in [4.69, 9.17) is 14.0 Å². The first-order valence-corrected chi connectivity index (χ1v) is 7.48. The van der Waals surface area contributed by atoms with E-state index >= 15 is 0 Å². The first-order chi connectivity index (χ1) is 10.2. The maximum atomic E-state index is 12.3. The summed E-state index contributed by atoms with van der Waals surface area (Å²) in [6.07, 6.45) is 3.90. The summed E-state index contributed by atoms with van der Waals surface area (Å²) >= 11 is 0. The molecule has 1 aromatic heterocycles. The fourth-order valence-corrected chi connectivity index (χ4v) is 2.83. The molecule has 6 heteroatoms. The molecular weight excluding hydrogens is 272 g/mol. The van der Waals surface area contributed by atoms with Crippen molar-refractivity contribution in [3.63, 3.8) is 0 Å². The molecule has 0 unspecified atom stereocenters. The second-order valence-electron chi connectivity index (χ2n) is 5.51. The summed E-state index contributed by atoms with van der Waals surface area (Å²) in [5.41, 5.74) is 0.530. The Morgan fingerprint density at radius 1 is 1.48 bits per heavy atom. The monoisotopic (exact) mass is 296 g/mol. The third kappa shape index (κ3) is 4.04. The van der Waals surface area contributed by atoms with Gasteiger partial charge >= 0.3 is 5.97 Å². The minimum atomic E-state index is -0.396. The average molecular weight is 296 g/mol. The number of nitrogens with zero attached hydrogens (tertiary/aromatic N) is 2. The second kappa shape index (κ2) is 7.56. The van der Waals surface area contributed by atoms with E-state index in [0.29, 0.717) is 13.2 Å². The standard InChI is InChI=1S/C15H24N2O4/c1-3-20-14(18)15(7-11-19-2)5-8-17(9-6-15)12-13-4-10-21-16-13/h4,10H,3,5-9,11-12H2,1-2H3. The molecule has 0 radical (unpaired) electrons. The molecule has 2 heterocycles. The van der Waals surface area contributed by atoms with E-state index in [1.54, 1.807) is 13.4 Å². The zero-order valence-corrected chi connectivity index (χ0v) is 12.8. The number of hydrogen-bond donors (Lipinski definition) is 0. The van der Waals surface area contributed by atoms with Gasteiger partial charge in [-0.25, -0.2) is 0 Å². The zero-order valence-electron chi connectivity index (χ0n) is 12.8. The molecule has 0 amide bonds. The van der Waals surface area contributed by atoms with Gasteiger partial charge in [-0.2, -0.15) is 0 Å². The van der Waals surface area contributed by atoms with Gasteiger partial charge in [-0.05, 0) is 39.3 Å². The summed E-state index contributed by atoms with van der Waals surface area (Å²) < 4.78 is 15.3. The molecule has 0 saturated carbocycles. The quantitative estimate of drug-likeness (QED) is 0.716. The second-order valence-corrected chi connectivity index (χ2v) is 5.51. The van der Waals surface area contributed by atoms with Crippen LogP contribution < -0.4 is 0 Å². The lowest BCUT2D eigenvalue weighted by molar-refractivity contribution is -0.160. The van der Waals surface area contributed by atoms with Crippen molar-refractivity contribution in [2.24, 2.45) is 5.41 Å². The van der Waals surface area contributed by atoms with Gasteiger partial charge in [0.15, 0.2) is 0 Å². The molecule has 21 heavy (non-hydrogen) atoms. The zero-order chi connectivity index (χ0) is 15.1. The van der Waals surface area contributed by atoms with E-state index < -0.39 is 5.41 Å². The maximum absolute atomic E-state index is 12.3. The molecule has 1 aliphatic heterocycles. The first-order valence-electron chi connectivity index (χ1n) is 7.48. The van der Waals surface area contributed by atoms with E-state index in [2.05, 4.69) is 10.1 Å². The van der Waals surface area contributed by atoms with Gasteiger partial charge in [-0.1, -0.05) is 5.16 Å². The van der Waals surface area contributed by atoms with Gasteiger partial charge in [-0.15, -0.1) is 0 Å². The van der Waals surface area contributed by atoms with Crippen molar-refractivity contribution in [2.75, 3.05) is 33.4 Å². The summed E-state index contributed by atoms with van der Waals surface area (Å²) in [5.74, 6) is -0.0804. The van der Waals surface area contributed by atoms with Crippen LogP contribution in [0.5, 0.6) is 0 Å². The molecule has 0 aromatic carbocycles. The van der Waals surface area contributed by atoms with Crippen LogP contribution >= 0.6 is 0 Å². The van der Waals surface area contributed by atoms with Crippen molar-refractivity contribution < 1.29 is 18.8 Å². The van der Waals surface area contributed by atoms with Crippen LogP contribution in [0.3, 0.4) is 0 Å². The average Bonchev–Trinajstić information content (AvgIpc) is 3.00. The number of rotatable bonds is 7. The lowest BCUT2D eigenvalue weighted by atomic mass is 9.75. The molecule has 1 aliphatic rings. The van der Waals surface area contributed by atoms with Crippen LogP contribution in [0.15, 0.2) is 16.9 Å². The molecule has 0 N–H and O–H groups in total. The number of ether oxygens (including phenoxy) is 2. The minimum absolute atomic E-state index is 0.0804. The molecular formula is C15H24N2O4. The fraction of sp³-hybridized carbons (Fsp3) is 0.733. The maximum Gasteiger partial charge on any atom is 0.312 e. The van der Waals surface area contributed by atoms with Crippen molar-refractivity contribution in [3.05, 3.63) is 18.0 Å². The summed E-state index contributed by atoms with van der Waals surface area (Å²) in [4.78, 5) is 14.6. The number of likely N-dealkylation sites (tertiary alicyclic amines) is 1. The molecule has 0 atom stereocenters. The minimum Gasteiger partial charge on any atom is -0.466 e. The van der Waals surface area contributed by atoms with Gasteiger partial charge in [0.25, 0.3) is 0 Å². The van der Waals surface area contributed by atoms with Crippen LogP contribution in [-0.2, 0) is 20.8 Å². The van der Waals surface area contributed by atoms with Gasteiger partial charge in [0.05, 0.1) is 17.7 Å². The third-order valence-electron chi connectivity index (χ3n) is 4.18. The Bertz CT molecular complexity index is 425. The van der Waals surface area contributed by atoms with Crippen LogP contribution in [0, 0.1) is 5.41 Å². The predicted octanol–water partition coefficient (Wildman–Crippen LogP) is 1.86. The molecule has 118 valence electrons. The normalized spacial score (nSPS) is 18.6. The van der Waals surface area contributed by atoms with E-state index in [-0.39, 0.29) is 5.97 Å². The highest BCUT2D eigenvalue weighted by atomic mass is 16.5. The van der Waals surface area contributed by atoms with Crippen LogP contribution in [0.25, 0.3) is 0 Å². The highest BCUT2D eigenvalue weighted by molar-refractivity contribution is 5.77. The number of esters is 1.